The zero-order valence-electron chi connectivity index (χ0n) is 11.4. The third-order valence-corrected chi connectivity index (χ3v) is 3.64. The van der Waals surface area contributed by atoms with Crippen LogP contribution in [0.15, 0.2) is 30.3 Å². The van der Waals surface area contributed by atoms with E-state index in [0.29, 0.717) is 0 Å². The van der Waals surface area contributed by atoms with Crippen molar-refractivity contribution in [3.05, 3.63) is 41.0 Å². The van der Waals surface area contributed by atoms with E-state index < -0.39 is 0 Å². The highest BCUT2D eigenvalue weighted by Gasteiger charge is 2.14. The van der Waals surface area contributed by atoms with Crippen molar-refractivity contribution in [2.45, 2.75) is 6.92 Å². The highest BCUT2D eigenvalue weighted by molar-refractivity contribution is 6.30. The second kappa shape index (κ2) is 5.77. The van der Waals surface area contributed by atoms with Crippen LogP contribution < -0.4 is 10.2 Å². The molecule has 1 saturated heterocycles. The first kappa shape index (κ1) is 13.3. The Bertz CT molecular complexity index is 591. The molecule has 3 rings (SSSR count). The standard InChI is InChI=1S/C15H17ClN4/c1-11-10-14(20-8-6-17-7-9-20)19-15(18-11)12-2-4-13(16)5-3-12/h2-5,10,17H,6-9H2,1H3. The monoisotopic (exact) mass is 288 g/mol. The van der Waals surface area contributed by atoms with Crippen LogP contribution in [0.1, 0.15) is 5.69 Å². The SMILES string of the molecule is Cc1cc(N2CCNCC2)nc(-c2ccc(Cl)cc2)n1. The zero-order chi connectivity index (χ0) is 13.9. The van der Waals surface area contributed by atoms with Gasteiger partial charge in [-0.3, -0.25) is 0 Å². The molecule has 1 fully saturated rings. The normalized spacial score (nSPS) is 15.4. The van der Waals surface area contributed by atoms with Gasteiger partial charge < -0.3 is 10.2 Å². The third-order valence-electron chi connectivity index (χ3n) is 3.38. The van der Waals surface area contributed by atoms with Crippen molar-refractivity contribution in [2.24, 2.45) is 0 Å². The summed E-state index contributed by atoms with van der Waals surface area (Å²) in [4.78, 5) is 11.5. The maximum atomic E-state index is 5.93. The van der Waals surface area contributed by atoms with E-state index in [2.05, 4.69) is 15.2 Å². The fraction of sp³-hybridized carbons (Fsp3) is 0.333. The van der Waals surface area contributed by atoms with Gasteiger partial charge >= 0.3 is 0 Å². The summed E-state index contributed by atoms with van der Waals surface area (Å²) in [5, 5.41) is 4.08. The molecule has 0 unspecified atom stereocenters. The van der Waals surface area contributed by atoms with E-state index in [-0.39, 0.29) is 0 Å². The van der Waals surface area contributed by atoms with Gasteiger partial charge in [0.1, 0.15) is 5.82 Å². The van der Waals surface area contributed by atoms with E-state index in [9.17, 15) is 0 Å². The number of rotatable bonds is 2. The Morgan fingerprint density at radius 3 is 2.50 bits per heavy atom. The van der Waals surface area contributed by atoms with Crippen LogP contribution in [0.3, 0.4) is 0 Å². The Balaban J connectivity index is 1.95. The van der Waals surface area contributed by atoms with Crippen LogP contribution in [0.25, 0.3) is 11.4 Å². The van der Waals surface area contributed by atoms with Crippen LogP contribution in [0.4, 0.5) is 5.82 Å². The van der Waals surface area contributed by atoms with E-state index >= 15 is 0 Å². The summed E-state index contributed by atoms with van der Waals surface area (Å²) in [5.74, 6) is 1.76. The van der Waals surface area contributed by atoms with Gasteiger partial charge in [0.15, 0.2) is 5.82 Å². The molecule has 0 spiro atoms. The molecular weight excluding hydrogens is 272 g/mol. The first-order valence-electron chi connectivity index (χ1n) is 6.80. The maximum Gasteiger partial charge on any atom is 0.161 e. The molecule has 1 aliphatic rings. The van der Waals surface area contributed by atoms with Gasteiger partial charge in [0, 0.05) is 48.5 Å². The minimum atomic E-state index is 0.726. The summed E-state index contributed by atoms with van der Waals surface area (Å²) in [6.45, 7) is 5.97. The lowest BCUT2D eigenvalue weighted by molar-refractivity contribution is 0.584. The van der Waals surface area contributed by atoms with Crippen LogP contribution in [-0.4, -0.2) is 36.1 Å². The van der Waals surface area contributed by atoms with Crippen molar-refractivity contribution < 1.29 is 0 Å². The summed E-state index contributed by atoms with van der Waals surface area (Å²) in [7, 11) is 0. The molecule has 0 amide bonds. The van der Waals surface area contributed by atoms with Crippen LogP contribution >= 0.6 is 11.6 Å². The van der Waals surface area contributed by atoms with Crippen molar-refractivity contribution in [1.82, 2.24) is 15.3 Å². The van der Waals surface area contributed by atoms with Crippen molar-refractivity contribution in [3.8, 4) is 11.4 Å². The van der Waals surface area contributed by atoms with E-state index in [1.807, 2.05) is 37.3 Å². The van der Waals surface area contributed by atoms with E-state index in [1.165, 1.54) is 0 Å². The molecule has 5 heteroatoms. The van der Waals surface area contributed by atoms with E-state index in [4.69, 9.17) is 16.6 Å². The number of piperazine rings is 1. The summed E-state index contributed by atoms with van der Waals surface area (Å²) < 4.78 is 0. The molecule has 104 valence electrons. The van der Waals surface area contributed by atoms with Gasteiger partial charge in [0.2, 0.25) is 0 Å². The van der Waals surface area contributed by atoms with Gasteiger partial charge in [-0.1, -0.05) is 11.6 Å². The van der Waals surface area contributed by atoms with Gasteiger partial charge in [0.05, 0.1) is 0 Å². The largest absolute Gasteiger partial charge is 0.354 e. The molecule has 1 aromatic carbocycles. The molecule has 0 radical (unpaired) electrons. The van der Waals surface area contributed by atoms with Gasteiger partial charge in [-0.25, -0.2) is 9.97 Å². The number of hydrogen-bond acceptors (Lipinski definition) is 4. The number of aromatic nitrogens is 2. The van der Waals surface area contributed by atoms with Crippen molar-refractivity contribution >= 4 is 17.4 Å². The fourth-order valence-corrected chi connectivity index (χ4v) is 2.46. The smallest absolute Gasteiger partial charge is 0.161 e. The number of benzene rings is 1. The zero-order valence-corrected chi connectivity index (χ0v) is 12.2. The van der Waals surface area contributed by atoms with Crippen molar-refractivity contribution in [2.75, 3.05) is 31.1 Å². The van der Waals surface area contributed by atoms with Crippen LogP contribution in [0.5, 0.6) is 0 Å². The molecule has 1 aromatic heterocycles. The number of nitrogens with one attached hydrogen (secondary N) is 1. The Labute approximate surface area is 123 Å². The molecule has 2 aromatic rings. The molecule has 4 nitrogen and oxygen atoms in total. The average molecular weight is 289 g/mol. The van der Waals surface area contributed by atoms with Gasteiger partial charge in [-0.05, 0) is 31.2 Å². The van der Waals surface area contributed by atoms with Gasteiger partial charge in [-0.15, -0.1) is 0 Å². The Morgan fingerprint density at radius 2 is 1.80 bits per heavy atom. The predicted molar refractivity (Wildman–Crippen MR) is 82.3 cm³/mol. The van der Waals surface area contributed by atoms with Crippen molar-refractivity contribution in [3.63, 3.8) is 0 Å². The number of hydrogen-bond donors (Lipinski definition) is 1. The van der Waals surface area contributed by atoms with Crippen LogP contribution in [-0.2, 0) is 0 Å². The fourth-order valence-electron chi connectivity index (χ4n) is 2.34. The summed E-state index contributed by atoms with van der Waals surface area (Å²) in [6, 6.07) is 9.70. The lowest BCUT2D eigenvalue weighted by atomic mass is 10.2. The van der Waals surface area contributed by atoms with E-state index in [1.54, 1.807) is 0 Å². The first-order chi connectivity index (χ1) is 9.72. The minimum absolute atomic E-state index is 0.726. The molecule has 2 heterocycles. The quantitative estimate of drug-likeness (QED) is 0.922. The second-order valence-electron chi connectivity index (χ2n) is 4.94. The maximum absolute atomic E-state index is 5.93. The highest BCUT2D eigenvalue weighted by Crippen LogP contribution is 2.22. The molecule has 0 aliphatic carbocycles. The van der Waals surface area contributed by atoms with Crippen LogP contribution in [0.2, 0.25) is 5.02 Å². The number of nitrogens with zero attached hydrogens (tertiary/aromatic N) is 3. The highest BCUT2D eigenvalue weighted by atomic mass is 35.5. The number of halogens is 1. The molecule has 1 aliphatic heterocycles. The van der Waals surface area contributed by atoms with Gasteiger partial charge in [-0.2, -0.15) is 0 Å². The molecular formula is C15H17ClN4. The summed E-state index contributed by atoms with van der Waals surface area (Å²) in [6.07, 6.45) is 0. The molecule has 0 bridgehead atoms. The molecule has 20 heavy (non-hydrogen) atoms. The second-order valence-corrected chi connectivity index (χ2v) is 5.37. The van der Waals surface area contributed by atoms with Crippen LogP contribution in [0, 0.1) is 6.92 Å². The topological polar surface area (TPSA) is 41.0 Å². The predicted octanol–water partition coefficient (Wildman–Crippen LogP) is 2.52. The number of aryl methyl sites for hydroxylation is 1. The van der Waals surface area contributed by atoms with Gasteiger partial charge in [0.25, 0.3) is 0 Å². The lowest BCUT2D eigenvalue weighted by Gasteiger charge is -2.28. The Kier molecular flexibility index (Phi) is 3.85. The van der Waals surface area contributed by atoms with Crippen molar-refractivity contribution in [1.29, 1.82) is 0 Å². The summed E-state index contributed by atoms with van der Waals surface area (Å²) >= 11 is 5.93. The average Bonchev–Trinajstić information content (AvgIpc) is 2.48. The lowest BCUT2D eigenvalue weighted by Crippen LogP contribution is -2.44. The number of anilines is 1. The molecule has 0 saturated carbocycles. The first-order valence-corrected chi connectivity index (χ1v) is 7.17. The molecule has 0 atom stereocenters. The Hall–Kier alpha value is -1.65. The minimum Gasteiger partial charge on any atom is -0.354 e. The third kappa shape index (κ3) is 2.92. The van der Waals surface area contributed by atoms with E-state index in [0.717, 1.165) is 54.1 Å². The summed E-state index contributed by atoms with van der Waals surface area (Å²) in [5.41, 5.74) is 1.98. The molecule has 1 N–H and O–H groups in total. The Morgan fingerprint density at radius 1 is 1.10 bits per heavy atom.